The zero-order valence-electron chi connectivity index (χ0n) is 11.4. The van der Waals surface area contributed by atoms with Crippen LogP contribution in [0, 0.1) is 0 Å². The van der Waals surface area contributed by atoms with E-state index in [0.717, 1.165) is 24.4 Å². The lowest BCUT2D eigenvalue weighted by atomic mass is 10.2. The summed E-state index contributed by atoms with van der Waals surface area (Å²) in [4.78, 5) is 12.0. The van der Waals surface area contributed by atoms with Crippen molar-refractivity contribution in [1.29, 1.82) is 0 Å². The van der Waals surface area contributed by atoms with Crippen molar-refractivity contribution in [3.63, 3.8) is 0 Å². The van der Waals surface area contributed by atoms with Crippen LogP contribution in [0.5, 0.6) is 0 Å². The molecular weight excluding hydrogens is 254 g/mol. The van der Waals surface area contributed by atoms with Crippen molar-refractivity contribution < 1.29 is 9.21 Å². The quantitative estimate of drug-likeness (QED) is 0.910. The van der Waals surface area contributed by atoms with Gasteiger partial charge in [-0.2, -0.15) is 5.10 Å². The molecule has 5 nitrogen and oxygen atoms in total. The Balaban J connectivity index is 1.57. The molecular formula is C15H19N3O2. The molecule has 2 aromatic heterocycles. The van der Waals surface area contributed by atoms with Crippen LogP contribution in [0.3, 0.4) is 0 Å². The van der Waals surface area contributed by atoms with Crippen molar-refractivity contribution in [3.05, 3.63) is 36.4 Å². The number of amides is 1. The SMILES string of the molecule is O=C(CCc1ccco1)Nc1ccnn1C1CCCC1. The van der Waals surface area contributed by atoms with Gasteiger partial charge in [-0.25, -0.2) is 4.68 Å². The number of carbonyl (C=O) groups is 1. The standard InChI is InChI=1S/C15H19N3O2/c19-15(8-7-13-6-3-11-20-13)17-14-9-10-16-18(14)12-4-1-2-5-12/h3,6,9-12H,1-2,4-5,7-8H2,(H,17,19). The van der Waals surface area contributed by atoms with Crippen molar-refractivity contribution in [2.45, 2.75) is 44.6 Å². The molecule has 0 atom stereocenters. The molecule has 1 aliphatic rings. The minimum absolute atomic E-state index is 0.00106. The van der Waals surface area contributed by atoms with Crippen molar-refractivity contribution in [2.75, 3.05) is 5.32 Å². The van der Waals surface area contributed by atoms with Crippen molar-refractivity contribution in [3.8, 4) is 0 Å². The second-order valence-corrected chi connectivity index (χ2v) is 5.23. The van der Waals surface area contributed by atoms with E-state index in [1.165, 1.54) is 12.8 Å². The zero-order valence-corrected chi connectivity index (χ0v) is 11.4. The van der Waals surface area contributed by atoms with Crippen molar-refractivity contribution in [2.24, 2.45) is 0 Å². The molecule has 2 heterocycles. The minimum atomic E-state index is 0.00106. The van der Waals surface area contributed by atoms with Crippen LogP contribution in [0.4, 0.5) is 5.82 Å². The fourth-order valence-corrected chi connectivity index (χ4v) is 2.75. The summed E-state index contributed by atoms with van der Waals surface area (Å²) in [6.45, 7) is 0. The molecule has 0 spiro atoms. The molecule has 0 aliphatic heterocycles. The van der Waals surface area contributed by atoms with Gasteiger partial charge in [0.15, 0.2) is 0 Å². The molecule has 5 heteroatoms. The van der Waals surface area contributed by atoms with E-state index in [4.69, 9.17) is 4.42 Å². The van der Waals surface area contributed by atoms with Crippen LogP contribution in [0.2, 0.25) is 0 Å². The number of furan rings is 1. The second kappa shape index (κ2) is 5.94. The van der Waals surface area contributed by atoms with E-state index < -0.39 is 0 Å². The van der Waals surface area contributed by atoms with Crippen LogP contribution in [0.15, 0.2) is 35.1 Å². The Labute approximate surface area is 118 Å². The van der Waals surface area contributed by atoms with Crippen LogP contribution in [0.25, 0.3) is 0 Å². The number of anilines is 1. The molecule has 1 N–H and O–H groups in total. The topological polar surface area (TPSA) is 60.1 Å². The van der Waals surface area contributed by atoms with Gasteiger partial charge in [0, 0.05) is 18.9 Å². The maximum absolute atomic E-state index is 12.0. The number of aryl methyl sites for hydroxylation is 1. The van der Waals surface area contributed by atoms with Gasteiger partial charge in [0.05, 0.1) is 18.5 Å². The smallest absolute Gasteiger partial charge is 0.225 e. The average molecular weight is 273 g/mol. The number of nitrogens with one attached hydrogen (secondary N) is 1. The fraction of sp³-hybridized carbons (Fsp3) is 0.467. The van der Waals surface area contributed by atoms with Crippen LogP contribution in [-0.2, 0) is 11.2 Å². The molecule has 1 fully saturated rings. The third-order valence-corrected chi connectivity index (χ3v) is 3.79. The van der Waals surface area contributed by atoms with E-state index in [9.17, 15) is 4.79 Å². The van der Waals surface area contributed by atoms with Crippen LogP contribution in [-0.4, -0.2) is 15.7 Å². The maximum atomic E-state index is 12.0. The third-order valence-electron chi connectivity index (χ3n) is 3.79. The van der Waals surface area contributed by atoms with Gasteiger partial charge in [-0.1, -0.05) is 12.8 Å². The first-order chi connectivity index (χ1) is 9.83. The summed E-state index contributed by atoms with van der Waals surface area (Å²) in [7, 11) is 0. The lowest BCUT2D eigenvalue weighted by Crippen LogP contribution is -2.17. The first kappa shape index (κ1) is 13.0. The normalized spacial score (nSPS) is 15.6. The summed E-state index contributed by atoms with van der Waals surface area (Å²) in [6, 6.07) is 6.02. The molecule has 2 aromatic rings. The first-order valence-corrected chi connectivity index (χ1v) is 7.18. The van der Waals surface area contributed by atoms with Gasteiger partial charge in [0.25, 0.3) is 0 Å². The van der Waals surface area contributed by atoms with Gasteiger partial charge in [-0.05, 0) is 25.0 Å². The molecule has 0 unspecified atom stereocenters. The van der Waals surface area contributed by atoms with Gasteiger partial charge in [0.2, 0.25) is 5.91 Å². The maximum Gasteiger partial charge on any atom is 0.225 e. The number of carbonyl (C=O) groups excluding carboxylic acids is 1. The lowest BCUT2D eigenvalue weighted by Gasteiger charge is -2.14. The first-order valence-electron chi connectivity index (χ1n) is 7.18. The highest BCUT2D eigenvalue weighted by Gasteiger charge is 2.20. The predicted octanol–water partition coefficient (Wildman–Crippen LogP) is 3.16. The van der Waals surface area contributed by atoms with E-state index in [0.29, 0.717) is 18.9 Å². The summed E-state index contributed by atoms with van der Waals surface area (Å²) in [5.74, 6) is 1.65. The number of rotatable bonds is 5. The Kier molecular flexibility index (Phi) is 3.85. The van der Waals surface area contributed by atoms with Crippen molar-refractivity contribution in [1.82, 2.24) is 9.78 Å². The summed E-state index contributed by atoms with van der Waals surface area (Å²) in [6.07, 6.45) is 9.21. The van der Waals surface area contributed by atoms with E-state index >= 15 is 0 Å². The molecule has 20 heavy (non-hydrogen) atoms. The molecule has 106 valence electrons. The minimum Gasteiger partial charge on any atom is -0.469 e. The number of hydrogen-bond acceptors (Lipinski definition) is 3. The average Bonchev–Trinajstić information content (AvgIpc) is 3.18. The van der Waals surface area contributed by atoms with Gasteiger partial charge < -0.3 is 9.73 Å². The summed E-state index contributed by atoms with van der Waals surface area (Å²) in [5, 5.41) is 7.29. The summed E-state index contributed by atoms with van der Waals surface area (Å²) < 4.78 is 7.18. The third kappa shape index (κ3) is 2.92. The Hall–Kier alpha value is -2.04. The lowest BCUT2D eigenvalue weighted by molar-refractivity contribution is -0.116. The summed E-state index contributed by atoms with van der Waals surface area (Å²) in [5.41, 5.74) is 0. The van der Waals surface area contributed by atoms with Crippen LogP contribution < -0.4 is 5.32 Å². The largest absolute Gasteiger partial charge is 0.469 e. The Morgan fingerprint density at radius 2 is 2.25 bits per heavy atom. The van der Waals surface area contributed by atoms with Gasteiger partial charge in [-0.15, -0.1) is 0 Å². The molecule has 1 saturated carbocycles. The van der Waals surface area contributed by atoms with E-state index in [1.807, 2.05) is 22.9 Å². The Morgan fingerprint density at radius 3 is 3.00 bits per heavy atom. The monoisotopic (exact) mass is 273 g/mol. The molecule has 1 amide bonds. The molecule has 3 rings (SSSR count). The Bertz CT molecular complexity index is 553. The second-order valence-electron chi connectivity index (χ2n) is 5.23. The molecule has 0 radical (unpaired) electrons. The number of nitrogens with zero attached hydrogens (tertiary/aromatic N) is 2. The van der Waals surface area contributed by atoms with Gasteiger partial charge >= 0.3 is 0 Å². The fourth-order valence-electron chi connectivity index (χ4n) is 2.75. The zero-order chi connectivity index (χ0) is 13.8. The van der Waals surface area contributed by atoms with Gasteiger partial charge in [-0.3, -0.25) is 4.79 Å². The van der Waals surface area contributed by atoms with E-state index in [2.05, 4.69) is 10.4 Å². The van der Waals surface area contributed by atoms with Crippen LogP contribution in [0.1, 0.15) is 43.9 Å². The highest BCUT2D eigenvalue weighted by Crippen LogP contribution is 2.31. The molecule has 0 aromatic carbocycles. The highest BCUT2D eigenvalue weighted by atomic mass is 16.3. The number of hydrogen-bond donors (Lipinski definition) is 1. The van der Waals surface area contributed by atoms with E-state index in [-0.39, 0.29) is 5.91 Å². The summed E-state index contributed by atoms with van der Waals surface area (Å²) >= 11 is 0. The van der Waals surface area contributed by atoms with Crippen molar-refractivity contribution >= 4 is 11.7 Å². The molecule has 0 saturated heterocycles. The van der Waals surface area contributed by atoms with E-state index in [1.54, 1.807) is 12.5 Å². The Morgan fingerprint density at radius 1 is 1.40 bits per heavy atom. The molecule has 1 aliphatic carbocycles. The van der Waals surface area contributed by atoms with Gasteiger partial charge in [0.1, 0.15) is 11.6 Å². The molecule has 0 bridgehead atoms. The highest BCUT2D eigenvalue weighted by molar-refractivity contribution is 5.89. The predicted molar refractivity (Wildman–Crippen MR) is 75.4 cm³/mol. The number of aromatic nitrogens is 2. The van der Waals surface area contributed by atoms with Crippen LogP contribution >= 0.6 is 0 Å².